The molecule has 0 aromatic rings. The third-order valence-electron chi connectivity index (χ3n) is 1.31. The van der Waals surface area contributed by atoms with Crippen molar-refractivity contribution < 1.29 is 9.53 Å². The van der Waals surface area contributed by atoms with Gasteiger partial charge in [-0.3, -0.25) is 4.79 Å². The van der Waals surface area contributed by atoms with Crippen LogP contribution in [0.5, 0.6) is 0 Å². The Morgan fingerprint density at radius 2 is 2.27 bits per heavy atom. The highest BCUT2D eigenvalue weighted by Crippen LogP contribution is 2.04. The van der Waals surface area contributed by atoms with Crippen molar-refractivity contribution in [2.45, 2.75) is 26.4 Å². The molecule has 0 aliphatic heterocycles. The fourth-order valence-electron chi connectivity index (χ4n) is 0.435. The average molecular weight is 154 g/mol. The van der Waals surface area contributed by atoms with Gasteiger partial charge in [0, 0.05) is 0 Å². The lowest BCUT2D eigenvalue weighted by atomic mass is 10.1. The molecule has 3 nitrogen and oxygen atoms in total. The van der Waals surface area contributed by atoms with Crippen LogP contribution in [0.2, 0.25) is 0 Å². The van der Waals surface area contributed by atoms with E-state index < -0.39 is 6.10 Å². The Hall–Kier alpha value is -1.04. The van der Waals surface area contributed by atoms with E-state index in [1.165, 1.54) is 6.92 Å². The maximum absolute atomic E-state index is 10.9. The first-order chi connectivity index (χ1) is 5.11. The van der Waals surface area contributed by atoms with E-state index in [1.807, 2.05) is 6.07 Å². The predicted octanol–water partition coefficient (Wildman–Crippen LogP) is 1.30. The van der Waals surface area contributed by atoms with E-state index in [1.54, 1.807) is 6.92 Å². The van der Waals surface area contributed by atoms with Gasteiger partial charge in [0.25, 0.3) is 0 Å². The molecular formula is C8H12NO2. The average Bonchev–Trinajstić information content (AvgIpc) is 2.02. The van der Waals surface area contributed by atoms with Gasteiger partial charge in [0.1, 0.15) is 6.07 Å². The van der Waals surface area contributed by atoms with E-state index in [4.69, 9.17) is 10.00 Å². The minimum Gasteiger partial charge on any atom is -0.447 e. The van der Waals surface area contributed by atoms with E-state index in [0.29, 0.717) is 6.42 Å². The molecule has 3 heteroatoms. The standard InChI is InChI=1S/C8H12NO2/c1-4-6(2)8(10)11-7(3)5-9/h6-7H,1,4H2,2-3H3. The molecule has 0 aromatic heterocycles. The second-order valence-corrected chi connectivity index (χ2v) is 2.40. The van der Waals surface area contributed by atoms with Gasteiger partial charge in [0.2, 0.25) is 0 Å². The lowest BCUT2D eigenvalue weighted by molar-refractivity contribution is -0.150. The summed E-state index contributed by atoms with van der Waals surface area (Å²) in [6, 6.07) is 1.81. The summed E-state index contributed by atoms with van der Waals surface area (Å²) in [5.41, 5.74) is 0. The van der Waals surface area contributed by atoms with E-state index in [-0.39, 0.29) is 11.9 Å². The zero-order valence-corrected chi connectivity index (χ0v) is 6.83. The number of esters is 1. The van der Waals surface area contributed by atoms with Crippen LogP contribution in [-0.2, 0) is 9.53 Å². The Bertz CT molecular complexity index is 171. The molecule has 2 atom stereocenters. The van der Waals surface area contributed by atoms with Crippen LogP contribution in [0, 0.1) is 24.2 Å². The third-order valence-corrected chi connectivity index (χ3v) is 1.31. The second-order valence-electron chi connectivity index (χ2n) is 2.40. The van der Waals surface area contributed by atoms with Crippen molar-refractivity contribution in [2.24, 2.45) is 5.92 Å². The maximum atomic E-state index is 10.9. The predicted molar refractivity (Wildman–Crippen MR) is 40.3 cm³/mol. The molecule has 1 radical (unpaired) electrons. The Kier molecular flexibility index (Phi) is 4.28. The van der Waals surface area contributed by atoms with Gasteiger partial charge in [-0.25, -0.2) is 0 Å². The first kappa shape index (κ1) is 9.96. The molecule has 0 aliphatic rings. The molecule has 0 saturated heterocycles. The molecule has 0 N–H and O–H groups in total. The molecule has 2 unspecified atom stereocenters. The summed E-state index contributed by atoms with van der Waals surface area (Å²) in [5, 5.41) is 8.30. The molecule has 61 valence electrons. The van der Waals surface area contributed by atoms with E-state index in [2.05, 4.69) is 6.92 Å². The van der Waals surface area contributed by atoms with Crippen LogP contribution in [0.15, 0.2) is 0 Å². The zero-order chi connectivity index (χ0) is 8.85. The number of hydrogen-bond donors (Lipinski definition) is 0. The van der Waals surface area contributed by atoms with Gasteiger partial charge in [-0.1, -0.05) is 13.8 Å². The van der Waals surface area contributed by atoms with Crippen molar-refractivity contribution >= 4 is 5.97 Å². The SMILES string of the molecule is [CH2]CC(C)C(=O)OC(C)C#N. The summed E-state index contributed by atoms with van der Waals surface area (Å²) in [6.07, 6.45) is -0.159. The monoisotopic (exact) mass is 154 g/mol. The number of hydrogen-bond acceptors (Lipinski definition) is 3. The largest absolute Gasteiger partial charge is 0.447 e. The summed E-state index contributed by atoms with van der Waals surface area (Å²) < 4.78 is 4.71. The summed E-state index contributed by atoms with van der Waals surface area (Å²) in [6.45, 7) is 6.81. The fraction of sp³-hybridized carbons (Fsp3) is 0.625. The van der Waals surface area contributed by atoms with Crippen LogP contribution in [-0.4, -0.2) is 12.1 Å². The number of rotatable bonds is 3. The van der Waals surface area contributed by atoms with Gasteiger partial charge in [-0.15, -0.1) is 0 Å². The number of carbonyl (C=O) groups excluding carboxylic acids is 1. The van der Waals surface area contributed by atoms with Crippen LogP contribution < -0.4 is 0 Å². The number of carbonyl (C=O) groups is 1. The summed E-state index contributed by atoms with van der Waals surface area (Å²) >= 11 is 0. The first-order valence-electron chi connectivity index (χ1n) is 3.51. The van der Waals surface area contributed by atoms with Crippen LogP contribution in [0.25, 0.3) is 0 Å². The second kappa shape index (κ2) is 4.73. The lowest BCUT2D eigenvalue weighted by Crippen LogP contribution is -2.19. The van der Waals surface area contributed by atoms with Gasteiger partial charge in [-0.05, 0) is 13.3 Å². The molecule has 0 rings (SSSR count). The summed E-state index contributed by atoms with van der Waals surface area (Å²) in [7, 11) is 0. The van der Waals surface area contributed by atoms with Crippen molar-refractivity contribution in [3.05, 3.63) is 6.92 Å². The van der Waals surface area contributed by atoms with Crippen molar-refractivity contribution in [3.8, 4) is 6.07 Å². The van der Waals surface area contributed by atoms with E-state index in [9.17, 15) is 4.79 Å². The van der Waals surface area contributed by atoms with Crippen LogP contribution in [0.1, 0.15) is 20.3 Å². The molecule has 0 aromatic carbocycles. The maximum Gasteiger partial charge on any atom is 0.309 e. The smallest absolute Gasteiger partial charge is 0.309 e. The molecule has 0 amide bonds. The van der Waals surface area contributed by atoms with Crippen LogP contribution in [0.3, 0.4) is 0 Å². The molecular weight excluding hydrogens is 142 g/mol. The normalized spacial score (nSPS) is 14.7. The molecule has 0 heterocycles. The van der Waals surface area contributed by atoms with Crippen molar-refractivity contribution in [1.29, 1.82) is 5.26 Å². The summed E-state index contributed by atoms with van der Waals surface area (Å²) in [4.78, 5) is 10.9. The Labute approximate surface area is 67.0 Å². The van der Waals surface area contributed by atoms with Crippen LogP contribution >= 0.6 is 0 Å². The molecule has 0 fully saturated rings. The molecule has 0 aliphatic carbocycles. The lowest BCUT2D eigenvalue weighted by Gasteiger charge is -2.09. The number of nitriles is 1. The minimum absolute atomic E-state index is 0.217. The Balaban J connectivity index is 3.80. The van der Waals surface area contributed by atoms with Gasteiger partial charge >= 0.3 is 5.97 Å². The highest BCUT2D eigenvalue weighted by molar-refractivity contribution is 5.72. The fourth-order valence-corrected chi connectivity index (χ4v) is 0.435. The topological polar surface area (TPSA) is 50.1 Å². The van der Waals surface area contributed by atoms with Gasteiger partial charge in [0.05, 0.1) is 5.92 Å². The molecule has 0 saturated carbocycles. The van der Waals surface area contributed by atoms with E-state index in [0.717, 1.165) is 0 Å². The zero-order valence-electron chi connectivity index (χ0n) is 6.83. The number of nitrogens with zero attached hydrogens (tertiary/aromatic N) is 1. The number of ether oxygens (including phenoxy) is 1. The van der Waals surface area contributed by atoms with Crippen molar-refractivity contribution in [1.82, 2.24) is 0 Å². The Morgan fingerprint density at radius 3 is 2.64 bits per heavy atom. The minimum atomic E-state index is -0.656. The molecule has 0 bridgehead atoms. The van der Waals surface area contributed by atoms with Gasteiger partial charge < -0.3 is 4.74 Å². The van der Waals surface area contributed by atoms with Gasteiger partial charge in [-0.2, -0.15) is 5.26 Å². The van der Waals surface area contributed by atoms with Crippen LogP contribution in [0.4, 0.5) is 0 Å². The Morgan fingerprint density at radius 1 is 1.73 bits per heavy atom. The first-order valence-corrected chi connectivity index (χ1v) is 3.51. The van der Waals surface area contributed by atoms with Crippen molar-refractivity contribution in [3.63, 3.8) is 0 Å². The molecule has 11 heavy (non-hydrogen) atoms. The quantitative estimate of drug-likeness (QED) is 0.576. The molecule has 0 spiro atoms. The highest BCUT2D eigenvalue weighted by Gasteiger charge is 2.14. The summed E-state index contributed by atoms with van der Waals surface area (Å²) in [5.74, 6) is -0.570. The third kappa shape index (κ3) is 3.61. The highest BCUT2D eigenvalue weighted by atomic mass is 16.5. The van der Waals surface area contributed by atoms with Gasteiger partial charge in [0.15, 0.2) is 6.10 Å². The van der Waals surface area contributed by atoms with Crippen molar-refractivity contribution in [2.75, 3.05) is 0 Å². The van der Waals surface area contributed by atoms with E-state index >= 15 is 0 Å².